The number of anilines is 2. The zero-order valence-corrected chi connectivity index (χ0v) is 17.2. The fraction of sp³-hybridized carbons (Fsp3) is 0.263. The Balaban J connectivity index is 1.48. The van der Waals surface area contributed by atoms with Crippen LogP contribution in [0.3, 0.4) is 0 Å². The van der Waals surface area contributed by atoms with Crippen molar-refractivity contribution in [2.75, 3.05) is 42.1 Å². The second kappa shape index (κ2) is 8.11. The van der Waals surface area contributed by atoms with Gasteiger partial charge in [-0.1, -0.05) is 35.4 Å². The van der Waals surface area contributed by atoms with Gasteiger partial charge < -0.3 is 9.80 Å². The van der Waals surface area contributed by atoms with Gasteiger partial charge in [-0.05, 0) is 34.7 Å². The van der Waals surface area contributed by atoms with Crippen LogP contribution in [0.4, 0.5) is 11.6 Å². The summed E-state index contributed by atoms with van der Waals surface area (Å²) < 4.78 is 27.3. The Morgan fingerprint density at radius 2 is 1.63 bits per heavy atom. The number of carbonyl (C=O) groups is 1. The highest BCUT2D eigenvalue weighted by Crippen LogP contribution is 2.21. The Kier molecular flexibility index (Phi) is 5.36. The molecule has 1 N–H and O–H groups in total. The van der Waals surface area contributed by atoms with Crippen molar-refractivity contribution in [1.82, 2.24) is 25.1 Å². The molecular weight excluding hydrogens is 406 g/mol. The second-order valence-electron chi connectivity index (χ2n) is 6.93. The van der Waals surface area contributed by atoms with Gasteiger partial charge in [0.15, 0.2) is 0 Å². The van der Waals surface area contributed by atoms with Crippen LogP contribution in [0.2, 0.25) is 0 Å². The summed E-state index contributed by atoms with van der Waals surface area (Å²) in [6, 6.07) is 16.2. The topological polar surface area (TPSA) is 113 Å². The number of nitrogens with one attached hydrogen (secondary N) is 1. The van der Waals surface area contributed by atoms with Crippen molar-refractivity contribution in [1.29, 1.82) is 0 Å². The number of benzene rings is 2. The molecule has 2 aromatic carbocycles. The molecule has 0 unspecified atom stereocenters. The van der Waals surface area contributed by atoms with Gasteiger partial charge in [0.25, 0.3) is 5.91 Å². The zero-order chi connectivity index (χ0) is 21.1. The average molecular weight is 427 g/mol. The quantitative estimate of drug-likeness (QED) is 0.646. The fourth-order valence-electron chi connectivity index (χ4n) is 3.35. The molecule has 11 heteroatoms. The molecule has 1 aromatic heterocycles. The molecule has 0 atom stereocenters. The van der Waals surface area contributed by atoms with Gasteiger partial charge in [-0.25, -0.2) is 8.42 Å². The maximum atomic E-state index is 13.0. The number of carbonyl (C=O) groups excluding carboxylic acids is 1. The highest BCUT2D eigenvalue weighted by molar-refractivity contribution is 7.92. The highest BCUT2D eigenvalue weighted by Gasteiger charge is 2.27. The van der Waals surface area contributed by atoms with Gasteiger partial charge in [0.1, 0.15) is 0 Å². The maximum Gasteiger partial charge on any atom is 0.256 e. The standard InChI is InChI=1S/C19H21N7O3S/c1-30(28,29)21-17-10-6-5-9-16(17)18(27)24-11-13-25(14-12-24)19-20-22-23-26(19)15-7-3-2-4-8-15/h2-10,21H,11-14H2,1H3. The summed E-state index contributed by atoms with van der Waals surface area (Å²) in [6.07, 6.45) is 1.06. The Hall–Kier alpha value is -3.47. The summed E-state index contributed by atoms with van der Waals surface area (Å²) in [7, 11) is -3.49. The Morgan fingerprint density at radius 3 is 2.33 bits per heavy atom. The van der Waals surface area contributed by atoms with Gasteiger partial charge in [-0.3, -0.25) is 9.52 Å². The van der Waals surface area contributed by atoms with Crippen LogP contribution >= 0.6 is 0 Å². The lowest BCUT2D eigenvalue weighted by atomic mass is 10.1. The van der Waals surface area contributed by atoms with Crippen LogP contribution in [0, 0.1) is 0 Å². The monoisotopic (exact) mass is 427 g/mol. The van der Waals surface area contributed by atoms with E-state index in [0.717, 1.165) is 11.9 Å². The summed E-state index contributed by atoms with van der Waals surface area (Å²) in [5.41, 5.74) is 1.46. The highest BCUT2D eigenvalue weighted by atomic mass is 32.2. The summed E-state index contributed by atoms with van der Waals surface area (Å²) in [5.74, 6) is 0.400. The van der Waals surface area contributed by atoms with E-state index in [1.165, 1.54) is 0 Å². The number of amides is 1. The lowest BCUT2D eigenvalue weighted by Crippen LogP contribution is -2.49. The predicted molar refractivity (Wildman–Crippen MR) is 112 cm³/mol. The molecule has 0 aliphatic carbocycles. The zero-order valence-electron chi connectivity index (χ0n) is 16.3. The van der Waals surface area contributed by atoms with E-state index in [4.69, 9.17) is 0 Å². The van der Waals surface area contributed by atoms with Crippen molar-refractivity contribution in [3.63, 3.8) is 0 Å². The Morgan fingerprint density at radius 1 is 0.967 bits per heavy atom. The van der Waals surface area contributed by atoms with E-state index in [-0.39, 0.29) is 11.6 Å². The SMILES string of the molecule is CS(=O)(=O)Nc1ccccc1C(=O)N1CCN(c2nnnn2-c2ccccc2)CC1. The number of nitrogens with zero attached hydrogens (tertiary/aromatic N) is 6. The van der Waals surface area contributed by atoms with E-state index in [1.807, 2.05) is 35.2 Å². The lowest BCUT2D eigenvalue weighted by Gasteiger charge is -2.35. The molecule has 2 heterocycles. The van der Waals surface area contributed by atoms with Crippen LogP contribution < -0.4 is 9.62 Å². The molecule has 1 fully saturated rings. The fourth-order valence-corrected chi connectivity index (χ4v) is 3.93. The molecule has 1 aliphatic rings. The maximum absolute atomic E-state index is 13.0. The van der Waals surface area contributed by atoms with E-state index >= 15 is 0 Å². The minimum Gasteiger partial charge on any atom is -0.336 e. The third kappa shape index (κ3) is 4.25. The minimum atomic E-state index is -3.49. The molecule has 1 aliphatic heterocycles. The van der Waals surface area contributed by atoms with Gasteiger partial charge in [-0.15, -0.1) is 0 Å². The molecule has 10 nitrogen and oxygen atoms in total. The first kappa shape index (κ1) is 19.8. The van der Waals surface area contributed by atoms with Crippen molar-refractivity contribution in [2.45, 2.75) is 0 Å². The molecule has 3 aromatic rings. The van der Waals surface area contributed by atoms with E-state index in [9.17, 15) is 13.2 Å². The molecule has 1 saturated heterocycles. The van der Waals surface area contributed by atoms with Gasteiger partial charge in [0, 0.05) is 26.2 Å². The third-order valence-corrected chi connectivity index (χ3v) is 5.35. The van der Waals surface area contributed by atoms with Crippen LogP contribution in [0.1, 0.15) is 10.4 Å². The Labute approximate surface area is 174 Å². The molecule has 0 bridgehead atoms. The molecule has 4 rings (SSSR count). The average Bonchev–Trinajstić information content (AvgIpc) is 3.23. The number of hydrogen-bond donors (Lipinski definition) is 1. The number of sulfonamides is 1. The number of aromatic nitrogens is 4. The minimum absolute atomic E-state index is 0.218. The van der Waals surface area contributed by atoms with Crippen molar-refractivity contribution in [3.8, 4) is 5.69 Å². The van der Waals surface area contributed by atoms with Crippen molar-refractivity contribution < 1.29 is 13.2 Å². The van der Waals surface area contributed by atoms with E-state index in [2.05, 4.69) is 20.2 Å². The number of tetrazole rings is 1. The molecule has 0 spiro atoms. The number of rotatable bonds is 5. The molecule has 0 saturated carbocycles. The lowest BCUT2D eigenvalue weighted by molar-refractivity contribution is 0.0747. The van der Waals surface area contributed by atoms with E-state index < -0.39 is 10.0 Å². The molecule has 1 amide bonds. The van der Waals surface area contributed by atoms with Crippen molar-refractivity contribution >= 4 is 27.6 Å². The first-order valence-corrected chi connectivity index (χ1v) is 11.3. The summed E-state index contributed by atoms with van der Waals surface area (Å²) in [4.78, 5) is 16.7. The van der Waals surface area contributed by atoms with Crippen molar-refractivity contribution in [3.05, 3.63) is 60.2 Å². The molecule has 0 radical (unpaired) electrons. The molecule has 30 heavy (non-hydrogen) atoms. The van der Waals surface area contributed by atoms with Gasteiger partial charge in [-0.2, -0.15) is 4.68 Å². The summed E-state index contributed by atoms with van der Waals surface area (Å²) in [5, 5.41) is 12.0. The van der Waals surface area contributed by atoms with E-state index in [0.29, 0.717) is 37.7 Å². The third-order valence-electron chi connectivity index (χ3n) is 4.76. The van der Waals surface area contributed by atoms with Crippen LogP contribution in [0.5, 0.6) is 0 Å². The van der Waals surface area contributed by atoms with Crippen LogP contribution in [0.25, 0.3) is 5.69 Å². The number of para-hydroxylation sites is 2. The smallest absolute Gasteiger partial charge is 0.256 e. The largest absolute Gasteiger partial charge is 0.336 e. The summed E-state index contributed by atoms with van der Waals surface area (Å²) >= 11 is 0. The normalized spacial score (nSPS) is 14.6. The number of piperazine rings is 1. The first-order valence-electron chi connectivity index (χ1n) is 9.37. The van der Waals surface area contributed by atoms with Crippen LogP contribution in [-0.4, -0.2) is 71.9 Å². The van der Waals surface area contributed by atoms with Gasteiger partial charge in [0.2, 0.25) is 16.0 Å². The second-order valence-corrected chi connectivity index (χ2v) is 8.67. The first-order chi connectivity index (χ1) is 14.4. The molecular formula is C19H21N7O3S. The predicted octanol–water partition coefficient (Wildman–Crippen LogP) is 0.996. The van der Waals surface area contributed by atoms with Gasteiger partial charge in [0.05, 0.1) is 23.2 Å². The van der Waals surface area contributed by atoms with E-state index in [1.54, 1.807) is 33.8 Å². The van der Waals surface area contributed by atoms with Gasteiger partial charge >= 0.3 is 0 Å². The van der Waals surface area contributed by atoms with Crippen LogP contribution in [0.15, 0.2) is 54.6 Å². The number of hydrogen-bond acceptors (Lipinski definition) is 7. The van der Waals surface area contributed by atoms with Crippen molar-refractivity contribution in [2.24, 2.45) is 0 Å². The Bertz CT molecular complexity index is 1140. The molecule has 156 valence electrons. The summed E-state index contributed by atoms with van der Waals surface area (Å²) in [6.45, 7) is 2.04. The van der Waals surface area contributed by atoms with Crippen LogP contribution in [-0.2, 0) is 10.0 Å².